The van der Waals surface area contributed by atoms with Crippen LogP contribution in [-0.4, -0.2) is 13.4 Å². The summed E-state index contributed by atoms with van der Waals surface area (Å²) in [4.78, 5) is 0. The van der Waals surface area contributed by atoms with Crippen LogP contribution in [0.1, 0.15) is 11.5 Å². The highest BCUT2D eigenvalue weighted by Gasteiger charge is 2.32. The Morgan fingerprint density at radius 2 is 1.71 bits per heavy atom. The van der Waals surface area contributed by atoms with Crippen molar-refractivity contribution in [1.82, 2.24) is 5.32 Å². The molecule has 2 rings (SSSR count). The molecule has 7 heteroatoms. The Morgan fingerprint density at radius 3 is 2.38 bits per heavy atom. The fraction of sp³-hybridized carbons (Fsp3) is 0.286. The van der Waals surface area contributed by atoms with Crippen LogP contribution in [0.15, 0.2) is 40.8 Å². The number of halogens is 3. The number of hydrogen-bond acceptors (Lipinski definition) is 4. The summed E-state index contributed by atoms with van der Waals surface area (Å²) in [6.45, 7) is 0.579. The van der Waals surface area contributed by atoms with Crippen molar-refractivity contribution >= 4 is 0 Å². The molecule has 2 aromatic rings. The van der Waals surface area contributed by atoms with E-state index >= 15 is 0 Å². The topological polar surface area (TPSA) is 43.6 Å². The minimum Gasteiger partial charge on any atom is -0.482 e. The van der Waals surface area contributed by atoms with Crippen molar-refractivity contribution < 1.29 is 27.1 Å². The molecular weight excluding hydrogens is 287 g/mol. The van der Waals surface area contributed by atoms with E-state index in [-0.39, 0.29) is 18.1 Å². The van der Waals surface area contributed by atoms with Crippen LogP contribution in [-0.2, 0) is 13.2 Å². The van der Waals surface area contributed by atoms with Gasteiger partial charge in [0.1, 0.15) is 18.1 Å². The lowest BCUT2D eigenvalue weighted by Crippen LogP contribution is -2.17. The predicted octanol–water partition coefficient (Wildman–Crippen LogP) is 3.48. The van der Waals surface area contributed by atoms with Gasteiger partial charge in [-0.1, -0.05) is 12.1 Å². The van der Waals surface area contributed by atoms with Crippen LogP contribution in [0.3, 0.4) is 0 Å². The molecule has 0 saturated carbocycles. The average molecular weight is 301 g/mol. The summed E-state index contributed by atoms with van der Waals surface area (Å²) in [5, 5.41) is 2.93. The molecule has 0 unspecified atom stereocenters. The molecule has 21 heavy (non-hydrogen) atoms. The van der Waals surface area contributed by atoms with E-state index in [0.717, 1.165) is 5.76 Å². The Bertz CT molecular complexity index is 581. The first-order chi connectivity index (χ1) is 9.98. The van der Waals surface area contributed by atoms with E-state index in [0.29, 0.717) is 12.3 Å². The van der Waals surface area contributed by atoms with Gasteiger partial charge in [0.15, 0.2) is 11.5 Å². The normalized spacial score (nSPS) is 11.4. The molecule has 0 aliphatic rings. The predicted molar refractivity (Wildman–Crippen MR) is 68.9 cm³/mol. The first-order valence-corrected chi connectivity index (χ1v) is 6.17. The van der Waals surface area contributed by atoms with Gasteiger partial charge in [-0.05, 0) is 31.3 Å². The van der Waals surface area contributed by atoms with Gasteiger partial charge in [0.2, 0.25) is 0 Å². The van der Waals surface area contributed by atoms with E-state index < -0.39 is 6.36 Å². The van der Waals surface area contributed by atoms with E-state index in [4.69, 9.17) is 9.15 Å². The van der Waals surface area contributed by atoms with Gasteiger partial charge in [-0.15, -0.1) is 13.2 Å². The molecule has 0 atom stereocenters. The van der Waals surface area contributed by atoms with Crippen LogP contribution < -0.4 is 14.8 Å². The van der Waals surface area contributed by atoms with Crippen LogP contribution in [0.2, 0.25) is 0 Å². The van der Waals surface area contributed by atoms with Gasteiger partial charge in [-0.25, -0.2) is 0 Å². The zero-order chi connectivity index (χ0) is 15.3. The lowest BCUT2D eigenvalue weighted by atomic mass is 10.3. The summed E-state index contributed by atoms with van der Waals surface area (Å²) in [5.41, 5.74) is 0. The van der Waals surface area contributed by atoms with Crippen LogP contribution in [0.4, 0.5) is 13.2 Å². The largest absolute Gasteiger partial charge is 0.573 e. The summed E-state index contributed by atoms with van der Waals surface area (Å²) in [6.07, 6.45) is -4.76. The molecular formula is C14H14F3NO3. The maximum Gasteiger partial charge on any atom is 0.573 e. The summed E-state index contributed by atoms with van der Waals surface area (Å²) < 4.78 is 51.5. The van der Waals surface area contributed by atoms with Gasteiger partial charge in [0, 0.05) is 0 Å². The molecule has 0 radical (unpaired) electrons. The Hall–Kier alpha value is -2.15. The van der Waals surface area contributed by atoms with E-state index in [9.17, 15) is 13.2 Å². The van der Waals surface area contributed by atoms with Crippen molar-refractivity contribution in [2.45, 2.75) is 19.5 Å². The van der Waals surface area contributed by atoms with Gasteiger partial charge in [0.25, 0.3) is 0 Å². The quantitative estimate of drug-likeness (QED) is 0.887. The summed E-state index contributed by atoms with van der Waals surface area (Å²) in [5.74, 6) is 0.853. The first-order valence-electron chi connectivity index (χ1n) is 6.17. The average Bonchev–Trinajstić information content (AvgIpc) is 2.84. The third kappa shape index (κ3) is 4.71. The number of nitrogens with one attached hydrogen (secondary N) is 1. The smallest absolute Gasteiger partial charge is 0.482 e. The highest BCUT2D eigenvalue weighted by Crippen LogP contribution is 2.32. The standard InChI is InChI=1S/C14H14F3NO3/c1-18-8-10-6-7-11(20-10)9-19-12-4-2-3-5-13(12)21-14(15,16)17/h2-7,18H,8-9H2,1H3. The van der Waals surface area contributed by atoms with Crippen LogP contribution in [0.5, 0.6) is 11.5 Å². The second-order valence-electron chi connectivity index (χ2n) is 4.18. The molecule has 1 heterocycles. The molecule has 1 N–H and O–H groups in total. The zero-order valence-corrected chi connectivity index (χ0v) is 11.2. The number of hydrogen-bond donors (Lipinski definition) is 1. The number of alkyl halides is 3. The molecule has 0 saturated heterocycles. The van der Waals surface area contributed by atoms with Gasteiger partial charge in [-0.3, -0.25) is 0 Å². The Kier molecular flexibility index (Phi) is 4.74. The maximum atomic E-state index is 12.3. The molecule has 114 valence electrons. The molecule has 0 fully saturated rings. The SMILES string of the molecule is CNCc1ccc(COc2ccccc2OC(F)(F)F)o1. The Labute approximate surface area is 119 Å². The number of para-hydroxylation sites is 2. The van der Waals surface area contributed by atoms with E-state index in [1.54, 1.807) is 25.2 Å². The van der Waals surface area contributed by atoms with Crippen molar-refractivity contribution in [3.8, 4) is 11.5 Å². The minimum absolute atomic E-state index is 0.00129. The lowest BCUT2D eigenvalue weighted by molar-refractivity contribution is -0.275. The summed E-state index contributed by atoms with van der Waals surface area (Å²) >= 11 is 0. The molecule has 1 aromatic heterocycles. The first kappa shape index (κ1) is 15.2. The third-order valence-corrected chi connectivity index (χ3v) is 2.51. The van der Waals surface area contributed by atoms with Crippen LogP contribution in [0, 0.1) is 0 Å². The van der Waals surface area contributed by atoms with Crippen molar-refractivity contribution in [1.29, 1.82) is 0 Å². The molecule has 1 aromatic carbocycles. The van der Waals surface area contributed by atoms with Gasteiger partial charge in [0.05, 0.1) is 6.54 Å². The molecule has 4 nitrogen and oxygen atoms in total. The van der Waals surface area contributed by atoms with E-state index in [1.165, 1.54) is 18.2 Å². The second kappa shape index (κ2) is 6.53. The zero-order valence-electron chi connectivity index (χ0n) is 11.2. The van der Waals surface area contributed by atoms with Gasteiger partial charge < -0.3 is 19.2 Å². The molecule has 0 bridgehead atoms. The van der Waals surface area contributed by atoms with Crippen LogP contribution in [0.25, 0.3) is 0 Å². The van der Waals surface area contributed by atoms with Crippen molar-refractivity contribution in [3.63, 3.8) is 0 Å². The Morgan fingerprint density at radius 1 is 1.05 bits per heavy atom. The fourth-order valence-corrected chi connectivity index (χ4v) is 1.70. The van der Waals surface area contributed by atoms with E-state index in [2.05, 4.69) is 10.1 Å². The third-order valence-electron chi connectivity index (χ3n) is 2.51. The fourth-order valence-electron chi connectivity index (χ4n) is 1.70. The monoisotopic (exact) mass is 301 g/mol. The maximum absolute atomic E-state index is 12.3. The lowest BCUT2D eigenvalue weighted by Gasteiger charge is -2.13. The summed E-state index contributed by atoms with van der Waals surface area (Å²) in [7, 11) is 1.78. The highest BCUT2D eigenvalue weighted by molar-refractivity contribution is 5.39. The van der Waals surface area contributed by atoms with Crippen molar-refractivity contribution in [2.75, 3.05) is 7.05 Å². The number of furan rings is 1. The minimum atomic E-state index is -4.76. The highest BCUT2D eigenvalue weighted by atomic mass is 19.4. The van der Waals surface area contributed by atoms with Crippen molar-refractivity contribution in [3.05, 3.63) is 47.9 Å². The summed E-state index contributed by atoms with van der Waals surface area (Å²) in [6, 6.07) is 9.07. The van der Waals surface area contributed by atoms with E-state index in [1.807, 2.05) is 0 Å². The second-order valence-corrected chi connectivity index (χ2v) is 4.18. The molecule has 0 spiro atoms. The van der Waals surface area contributed by atoms with Gasteiger partial charge >= 0.3 is 6.36 Å². The molecule has 0 aliphatic carbocycles. The molecule has 0 amide bonds. The van der Waals surface area contributed by atoms with Crippen molar-refractivity contribution in [2.24, 2.45) is 0 Å². The number of rotatable bonds is 6. The number of benzene rings is 1. The van der Waals surface area contributed by atoms with Crippen LogP contribution >= 0.6 is 0 Å². The molecule has 0 aliphatic heterocycles. The Balaban J connectivity index is 2.02. The van der Waals surface area contributed by atoms with Gasteiger partial charge in [-0.2, -0.15) is 0 Å². The number of ether oxygens (including phenoxy) is 2.